The molecule has 2 rings (SSSR count). The summed E-state index contributed by atoms with van der Waals surface area (Å²) in [6, 6.07) is 9.77. The van der Waals surface area contributed by atoms with Gasteiger partial charge in [-0.3, -0.25) is 4.79 Å². The van der Waals surface area contributed by atoms with Gasteiger partial charge in [-0.1, -0.05) is 34.0 Å². The topological polar surface area (TPSA) is 38.3 Å². The number of carbonyl (C=O) groups is 1. The van der Waals surface area contributed by atoms with Crippen LogP contribution in [0.25, 0.3) is 0 Å². The summed E-state index contributed by atoms with van der Waals surface area (Å²) in [6.07, 6.45) is -4.53. The molecular formula is C17H11BrF3NO2. The molecule has 0 heterocycles. The number of carbonyl (C=O) groups excluding carboxylic acids is 1. The first kappa shape index (κ1) is 17.9. The Labute approximate surface area is 145 Å². The van der Waals surface area contributed by atoms with Crippen molar-refractivity contribution >= 4 is 27.5 Å². The van der Waals surface area contributed by atoms with Crippen LogP contribution in [0.1, 0.15) is 11.1 Å². The van der Waals surface area contributed by atoms with Crippen molar-refractivity contribution in [1.29, 1.82) is 0 Å². The van der Waals surface area contributed by atoms with Gasteiger partial charge in [0.1, 0.15) is 5.75 Å². The summed E-state index contributed by atoms with van der Waals surface area (Å²) < 4.78 is 44.4. The number of nitrogens with one attached hydrogen (secondary N) is 1. The van der Waals surface area contributed by atoms with Gasteiger partial charge in [0.25, 0.3) is 0 Å². The highest BCUT2D eigenvalue weighted by Gasteiger charge is 2.32. The minimum atomic E-state index is -4.53. The number of benzene rings is 2. The molecule has 7 heteroatoms. The van der Waals surface area contributed by atoms with Crippen LogP contribution in [-0.2, 0) is 11.0 Å². The van der Waals surface area contributed by atoms with Crippen LogP contribution >= 0.6 is 15.9 Å². The molecule has 0 fully saturated rings. The quantitative estimate of drug-likeness (QED) is 0.759. The van der Waals surface area contributed by atoms with E-state index in [1.165, 1.54) is 25.3 Å². The first-order chi connectivity index (χ1) is 11.3. The highest BCUT2D eigenvalue weighted by atomic mass is 79.9. The van der Waals surface area contributed by atoms with E-state index in [2.05, 4.69) is 33.1 Å². The Morgan fingerprint density at radius 1 is 1.21 bits per heavy atom. The normalized spacial score (nSPS) is 10.5. The fourth-order valence-corrected chi connectivity index (χ4v) is 2.26. The molecule has 124 valence electrons. The maximum absolute atomic E-state index is 12.9. The van der Waals surface area contributed by atoms with Gasteiger partial charge in [0, 0.05) is 16.0 Å². The number of methoxy groups -OCH3 is 1. The molecule has 2 aromatic carbocycles. The zero-order chi connectivity index (χ0) is 17.7. The Morgan fingerprint density at radius 3 is 2.58 bits per heavy atom. The molecule has 0 radical (unpaired) electrons. The minimum Gasteiger partial charge on any atom is -0.495 e. The van der Waals surface area contributed by atoms with E-state index in [-0.39, 0.29) is 5.56 Å². The molecule has 0 aliphatic heterocycles. The SMILES string of the molecule is COc1ccc(Br)cc1NC(=O)C#Cc1ccccc1C(F)(F)F. The highest BCUT2D eigenvalue weighted by molar-refractivity contribution is 9.10. The maximum atomic E-state index is 12.9. The minimum absolute atomic E-state index is 0.263. The van der Waals surface area contributed by atoms with E-state index in [0.717, 1.165) is 6.07 Å². The Bertz CT molecular complexity index is 823. The molecule has 0 saturated carbocycles. The molecule has 1 N–H and O–H groups in total. The first-order valence-electron chi connectivity index (χ1n) is 6.64. The second-order valence-electron chi connectivity index (χ2n) is 4.59. The smallest absolute Gasteiger partial charge is 0.417 e. The summed E-state index contributed by atoms with van der Waals surface area (Å²) in [5.74, 6) is 4.08. The van der Waals surface area contributed by atoms with Crippen LogP contribution in [0.3, 0.4) is 0 Å². The molecule has 0 aliphatic carbocycles. The fraction of sp³-hybridized carbons (Fsp3) is 0.118. The van der Waals surface area contributed by atoms with Gasteiger partial charge in [0.15, 0.2) is 0 Å². The first-order valence-corrected chi connectivity index (χ1v) is 7.43. The predicted octanol–water partition coefficient (Wildman–Crippen LogP) is 4.47. The van der Waals surface area contributed by atoms with Crippen LogP contribution in [0.2, 0.25) is 0 Å². The molecule has 0 aromatic heterocycles. The lowest BCUT2D eigenvalue weighted by atomic mass is 10.1. The van der Waals surface area contributed by atoms with Gasteiger partial charge >= 0.3 is 12.1 Å². The molecule has 0 atom stereocenters. The van der Waals surface area contributed by atoms with Gasteiger partial charge in [0.2, 0.25) is 0 Å². The number of alkyl halides is 3. The van der Waals surface area contributed by atoms with Crippen molar-refractivity contribution in [1.82, 2.24) is 0 Å². The third-order valence-corrected chi connectivity index (χ3v) is 3.45. The fourth-order valence-electron chi connectivity index (χ4n) is 1.89. The molecule has 3 nitrogen and oxygen atoms in total. The number of anilines is 1. The van der Waals surface area contributed by atoms with Gasteiger partial charge in [-0.05, 0) is 30.3 Å². The Balaban J connectivity index is 2.24. The average molecular weight is 398 g/mol. The summed E-state index contributed by atoms with van der Waals surface area (Å²) in [4.78, 5) is 11.9. The van der Waals surface area contributed by atoms with Crippen LogP contribution in [0, 0.1) is 11.8 Å². The van der Waals surface area contributed by atoms with Gasteiger partial charge in [-0.15, -0.1) is 0 Å². The van der Waals surface area contributed by atoms with Crippen LogP contribution in [-0.4, -0.2) is 13.0 Å². The van der Waals surface area contributed by atoms with Gasteiger partial charge in [0.05, 0.1) is 18.4 Å². The molecule has 0 bridgehead atoms. The van der Waals surface area contributed by atoms with E-state index >= 15 is 0 Å². The van der Waals surface area contributed by atoms with Crippen molar-refractivity contribution in [3.05, 3.63) is 58.1 Å². The van der Waals surface area contributed by atoms with Gasteiger partial charge < -0.3 is 10.1 Å². The largest absolute Gasteiger partial charge is 0.495 e. The van der Waals surface area contributed by atoms with Crippen LogP contribution < -0.4 is 10.1 Å². The standard InChI is InChI=1S/C17H11BrF3NO2/c1-24-15-8-7-12(18)10-14(15)22-16(23)9-6-11-4-2-3-5-13(11)17(19,20)21/h2-5,7-8,10H,1H3,(H,22,23). The number of rotatable bonds is 2. The summed E-state index contributed by atoms with van der Waals surface area (Å²) >= 11 is 3.25. The van der Waals surface area contributed by atoms with Crippen LogP contribution in [0.15, 0.2) is 46.9 Å². The Morgan fingerprint density at radius 2 is 1.92 bits per heavy atom. The zero-order valence-corrected chi connectivity index (χ0v) is 14.0. The molecule has 2 aromatic rings. The van der Waals surface area contributed by atoms with Crippen molar-refractivity contribution < 1.29 is 22.7 Å². The second kappa shape index (κ2) is 7.41. The molecule has 0 aliphatic rings. The van der Waals surface area contributed by atoms with Crippen molar-refractivity contribution in [3.8, 4) is 17.6 Å². The molecular weight excluding hydrogens is 387 g/mol. The summed E-state index contributed by atoms with van der Waals surface area (Å²) in [7, 11) is 1.43. The van der Waals surface area contributed by atoms with Crippen LogP contribution in [0.5, 0.6) is 5.75 Å². The highest BCUT2D eigenvalue weighted by Crippen LogP contribution is 2.31. The van der Waals surface area contributed by atoms with E-state index in [1.807, 2.05) is 0 Å². The molecule has 24 heavy (non-hydrogen) atoms. The number of ether oxygens (including phenoxy) is 1. The molecule has 0 unspecified atom stereocenters. The van der Waals surface area contributed by atoms with Crippen LogP contribution in [0.4, 0.5) is 18.9 Å². The van der Waals surface area contributed by atoms with Crippen molar-refractivity contribution in [3.63, 3.8) is 0 Å². The number of halogens is 4. The number of hydrogen-bond acceptors (Lipinski definition) is 2. The molecule has 0 spiro atoms. The Kier molecular flexibility index (Phi) is 5.52. The number of amides is 1. The molecule has 0 saturated heterocycles. The lowest BCUT2D eigenvalue weighted by molar-refractivity contribution is -0.137. The molecule has 1 amide bonds. The third-order valence-electron chi connectivity index (χ3n) is 2.95. The number of hydrogen-bond donors (Lipinski definition) is 1. The average Bonchev–Trinajstić information content (AvgIpc) is 2.52. The van der Waals surface area contributed by atoms with Crippen molar-refractivity contribution in [2.75, 3.05) is 12.4 Å². The van der Waals surface area contributed by atoms with Gasteiger partial charge in [-0.2, -0.15) is 13.2 Å². The maximum Gasteiger partial charge on any atom is 0.417 e. The van der Waals surface area contributed by atoms with Crippen molar-refractivity contribution in [2.24, 2.45) is 0 Å². The Hall–Kier alpha value is -2.46. The third kappa shape index (κ3) is 4.52. The van der Waals surface area contributed by atoms with Crippen molar-refractivity contribution in [2.45, 2.75) is 6.18 Å². The van der Waals surface area contributed by atoms with E-state index in [0.29, 0.717) is 15.9 Å². The van der Waals surface area contributed by atoms with E-state index in [4.69, 9.17) is 4.74 Å². The zero-order valence-electron chi connectivity index (χ0n) is 12.4. The van der Waals surface area contributed by atoms with E-state index in [1.54, 1.807) is 18.2 Å². The summed E-state index contributed by atoms with van der Waals surface area (Å²) in [5, 5.41) is 2.48. The summed E-state index contributed by atoms with van der Waals surface area (Å²) in [6.45, 7) is 0. The monoisotopic (exact) mass is 397 g/mol. The van der Waals surface area contributed by atoms with E-state index < -0.39 is 17.6 Å². The lowest BCUT2D eigenvalue weighted by Gasteiger charge is -2.09. The predicted molar refractivity (Wildman–Crippen MR) is 87.6 cm³/mol. The summed E-state index contributed by atoms with van der Waals surface area (Å²) in [5.41, 5.74) is -0.790. The lowest BCUT2D eigenvalue weighted by Crippen LogP contribution is -2.10. The second-order valence-corrected chi connectivity index (χ2v) is 5.51. The van der Waals surface area contributed by atoms with E-state index in [9.17, 15) is 18.0 Å². The van der Waals surface area contributed by atoms with Gasteiger partial charge in [-0.25, -0.2) is 0 Å².